The standard InChI is InChI=1S/C27H32N2O5/c1-3-16-34-22-10-8-20(9-11-22)24-23(25(30)21-6-4-19(2)5-7-21)26(31)27(32)29(24)13-12-28-14-17-33-18-15-28/h4-11,24,30H,3,12-18H2,1-2H3/p+1/t24-/m0/s1. The van der Waals surface area contributed by atoms with Crippen LogP contribution in [0.15, 0.2) is 54.1 Å². The van der Waals surface area contributed by atoms with Gasteiger partial charge < -0.3 is 24.4 Å². The van der Waals surface area contributed by atoms with Gasteiger partial charge in [-0.1, -0.05) is 48.9 Å². The molecule has 2 heterocycles. The highest BCUT2D eigenvalue weighted by Gasteiger charge is 2.46. The summed E-state index contributed by atoms with van der Waals surface area (Å²) in [5.41, 5.74) is 2.47. The van der Waals surface area contributed by atoms with Gasteiger partial charge in [0.1, 0.15) is 24.6 Å². The molecule has 0 aliphatic carbocycles. The summed E-state index contributed by atoms with van der Waals surface area (Å²) in [5, 5.41) is 11.2. The lowest BCUT2D eigenvalue weighted by Crippen LogP contribution is -3.14. The normalized spacial score (nSPS) is 20.6. The average Bonchev–Trinajstić information content (AvgIpc) is 3.12. The van der Waals surface area contributed by atoms with Crippen molar-refractivity contribution in [3.8, 4) is 5.75 Å². The number of rotatable bonds is 8. The molecule has 2 aliphatic heterocycles. The Kier molecular flexibility index (Phi) is 7.65. The molecule has 180 valence electrons. The van der Waals surface area contributed by atoms with Crippen molar-refractivity contribution in [3.63, 3.8) is 0 Å². The highest BCUT2D eigenvalue weighted by molar-refractivity contribution is 6.46. The van der Waals surface area contributed by atoms with Crippen LogP contribution in [0, 0.1) is 6.92 Å². The average molecular weight is 466 g/mol. The maximum absolute atomic E-state index is 13.2. The number of ether oxygens (including phenoxy) is 2. The molecule has 34 heavy (non-hydrogen) atoms. The van der Waals surface area contributed by atoms with Gasteiger partial charge in [-0.15, -0.1) is 0 Å². The van der Waals surface area contributed by atoms with Gasteiger partial charge in [-0.05, 0) is 31.0 Å². The second-order valence-corrected chi connectivity index (χ2v) is 8.89. The molecule has 0 unspecified atom stereocenters. The maximum Gasteiger partial charge on any atom is 0.295 e. The van der Waals surface area contributed by atoms with Gasteiger partial charge in [0, 0.05) is 5.56 Å². The van der Waals surface area contributed by atoms with Crippen molar-refractivity contribution in [1.82, 2.24) is 4.90 Å². The first-order valence-electron chi connectivity index (χ1n) is 12.0. The molecule has 1 amide bonds. The summed E-state index contributed by atoms with van der Waals surface area (Å²) in [4.78, 5) is 29.3. The van der Waals surface area contributed by atoms with Crippen molar-refractivity contribution >= 4 is 17.4 Å². The zero-order chi connectivity index (χ0) is 24.1. The first-order valence-corrected chi connectivity index (χ1v) is 12.0. The first-order chi connectivity index (χ1) is 16.5. The van der Waals surface area contributed by atoms with E-state index in [1.165, 1.54) is 4.90 Å². The van der Waals surface area contributed by atoms with Gasteiger partial charge >= 0.3 is 0 Å². The molecule has 0 saturated carbocycles. The SMILES string of the molecule is CCCOc1ccc([C@H]2C(=C(O)c3ccc(C)cc3)C(=O)C(=O)N2CC[NH+]2CCOCC2)cc1. The summed E-state index contributed by atoms with van der Waals surface area (Å²) < 4.78 is 11.1. The number of aliphatic hydroxyl groups excluding tert-OH is 1. The van der Waals surface area contributed by atoms with E-state index in [1.54, 1.807) is 17.0 Å². The summed E-state index contributed by atoms with van der Waals surface area (Å²) in [7, 11) is 0. The van der Waals surface area contributed by atoms with Gasteiger partial charge in [-0.2, -0.15) is 0 Å². The van der Waals surface area contributed by atoms with Gasteiger partial charge in [0.2, 0.25) is 0 Å². The highest BCUT2D eigenvalue weighted by atomic mass is 16.5. The Morgan fingerprint density at radius 3 is 2.41 bits per heavy atom. The molecule has 7 nitrogen and oxygen atoms in total. The third-order valence-corrected chi connectivity index (χ3v) is 6.44. The molecule has 2 saturated heterocycles. The fourth-order valence-electron chi connectivity index (χ4n) is 4.48. The molecule has 0 bridgehead atoms. The number of aliphatic hydroxyl groups is 1. The molecule has 2 aliphatic rings. The molecule has 7 heteroatoms. The molecular weight excluding hydrogens is 432 g/mol. The lowest BCUT2D eigenvalue weighted by Gasteiger charge is -2.29. The summed E-state index contributed by atoms with van der Waals surface area (Å²) in [6, 6.07) is 14.1. The van der Waals surface area contributed by atoms with Crippen molar-refractivity contribution in [2.75, 3.05) is 46.0 Å². The van der Waals surface area contributed by atoms with Crippen molar-refractivity contribution in [2.45, 2.75) is 26.3 Å². The van der Waals surface area contributed by atoms with Gasteiger partial charge in [0.05, 0.1) is 44.5 Å². The molecule has 2 aromatic carbocycles. The Morgan fingerprint density at radius 2 is 1.76 bits per heavy atom. The fraction of sp³-hybridized carbons (Fsp3) is 0.407. The van der Waals surface area contributed by atoms with E-state index in [1.807, 2.05) is 50.2 Å². The minimum Gasteiger partial charge on any atom is -0.507 e. The number of likely N-dealkylation sites (tertiary alicyclic amines) is 1. The van der Waals surface area contributed by atoms with Crippen molar-refractivity contribution in [2.24, 2.45) is 0 Å². The smallest absolute Gasteiger partial charge is 0.295 e. The second-order valence-electron chi connectivity index (χ2n) is 8.89. The number of morpholine rings is 1. The molecule has 0 spiro atoms. The van der Waals surface area contributed by atoms with Gasteiger partial charge in [-0.3, -0.25) is 9.59 Å². The number of quaternary nitrogens is 1. The Labute approximate surface area is 200 Å². The van der Waals surface area contributed by atoms with Crippen LogP contribution in [0.1, 0.15) is 36.1 Å². The fourth-order valence-corrected chi connectivity index (χ4v) is 4.48. The number of nitrogens with zero attached hydrogens (tertiary/aromatic N) is 1. The van der Waals surface area contributed by atoms with Crippen LogP contribution >= 0.6 is 0 Å². The number of benzene rings is 2. The molecule has 1 atom stereocenters. The van der Waals surface area contributed by atoms with Crippen LogP contribution in [-0.4, -0.2) is 67.7 Å². The minimum atomic E-state index is -0.651. The largest absolute Gasteiger partial charge is 0.507 e. The molecule has 2 aromatic rings. The van der Waals surface area contributed by atoms with E-state index in [-0.39, 0.29) is 11.3 Å². The van der Waals surface area contributed by atoms with Crippen LogP contribution < -0.4 is 9.64 Å². The zero-order valence-electron chi connectivity index (χ0n) is 19.9. The molecule has 2 fully saturated rings. The van der Waals surface area contributed by atoms with Crippen molar-refractivity contribution < 1.29 is 29.1 Å². The van der Waals surface area contributed by atoms with Crippen LogP contribution in [0.25, 0.3) is 5.76 Å². The Morgan fingerprint density at radius 1 is 1.09 bits per heavy atom. The summed E-state index contributed by atoms with van der Waals surface area (Å²) >= 11 is 0. The van der Waals surface area contributed by atoms with Crippen LogP contribution in [0.5, 0.6) is 5.75 Å². The van der Waals surface area contributed by atoms with E-state index in [4.69, 9.17) is 9.47 Å². The molecule has 2 N–H and O–H groups in total. The van der Waals surface area contributed by atoms with E-state index in [0.717, 1.165) is 42.9 Å². The first kappa shape index (κ1) is 24.0. The van der Waals surface area contributed by atoms with E-state index in [9.17, 15) is 14.7 Å². The van der Waals surface area contributed by atoms with Crippen LogP contribution in [0.3, 0.4) is 0 Å². The van der Waals surface area contributed by atoms with Crippen LogP contribution in [-0.2, 0) is 14.3 Å². The predicted molar refractivity (Wildman–Crippen MR) is 129 cm³/mol. The molecule has 0 radical (unpaired) electrons. The van der Waals surface area contributed by atoms with E-state index >= 15 is 0 Å². The predicted octanol–water partition coefficient (Wildman–Crippen LogP) is 2.12. The van der Waals surface area contributed by atoms with Gasteiger partial charge in [-0.25, -0.2) is 0 Å². The van der Waals surface area contributed by atoms with Crippen LogP contribution in [0.2, 0.25) is 0 Å². The highest BCUT2D eigenvalue weighted by Crippen LogP contribution is 2.39. The summed E-state index contributed by atoms with van der Waals surface area (Å²) in [6.45, 7) is 8.91. The minimum absolute atomic E-state index is 0.132. The lowest BCUT2D eigenvalue weighted by molar-refractivity contribution is -0.907. The summed E-state index contributed by atoms with van der Waals surface area (Å²) in [5.74, 6) is -0.626. The quantitative estimate of drug-likeness (QED) is 0.355. The third-order valence-electron chi connectivity index (χ3n) is 6.44. The summed E-state index contributed by atoms with van der Waals surface area (Å²) in [6.07, 6.45) is 0.905. The maximum atomic E-state index is 13.2. The number of nitrogens with one attached hydrogen (secondary N) is 1. The number of aryl methyl sites for hydroxylation is 1. The molecule has 4 rings (SSSR count). The van der Waals surface area contributed by atoms with Crippen molar-refractivity contribution in [1.29, 1.82) is 0 Å². The number of Topliss-reactive ketones (excluding diaryl/α,β-unsaturated/α-hetero) is 1. The Hall–Kier alpha value is -3.16. The van der Waals surface area contributed by atoms with E-state index < -0.39 is 17.7 Å². The second kappa shape index (κ2) is 10.8. The lowest BCUT2D eigenvalue weighted by atomic mass is 9.95. The number of hydrogen-bond donors (Lipinski definition) is 2. The topological polar surface area (TPSA) is 80.5 Å². The number of ketones is 1. The number of carbonyl (C=O) groups excluding carboxylic acids is 2. The zero-order valence-corrected chi connectivity index (χ0v) is 19.9. The van der Waals surface area contributed by atoms with Gasteiger partial charge in [0.15, 0.2) is 0 Å². The number of carbonyl (C=O) groups is 2. The Bertz CT molecular complexity index is 1040. The van der Waals surface area contributed by atoms with E-state index in [2.05, 4.69) is 0 Å². The molecular formula is C27H33N2O5+. The van der Waals surface area contributed by atoms with E-state index in [0.29, 0.717) is 31.9 Å². The Balaban J connectivity index is 1.69. The van der Waals surface area contributed by atoms with Gasteiger partial charge in [0.25, 0.3) is 11.7 Å². The molecule has 0 aromatic heterocycles. The monoisotopic (exact) mass is 465 g/mol. The van der Waals surface area contributed by atoms with Crippen molar-refractivity contribution in [3.05, 3.63) is 70.8 Å². The number of hydrogen-bond acceptors (Lipinski definition) is 5. The van der Waals surface area contributed by atoms with Crippen LogP contribution in [0.4, 0.5) is 0 Å². The third kappa shape index (κ3) is 5.16. The number of amides is 1.